The molecule has 1 amide bonds. The lowest BCUT2D eigenvalue weighted by atomic mass is 10.00. The normalized spacial score (nSPS) is 16.8. The number of rotatable bonds is 9. The molecule has 0 aromatic carbocycles. The lowest BCUT2D eigenvalue weighted by Crippen LogP contribution is -2.46. The summed E-state index contributed by atoms with van der Waals surface area (Å²) in [7, 11) is 0. The topological polar surface area (TPSA) is 104 Å². The summed E-state index contributed by atoms with van der Waals surface area (Å²) >= 11 is 0. The molecule has 7 heteroatoms. The summed E-state index contributed by atoms with van der Waals surface area (Å²) in [6.07, 6.45) is 5.38. The van der Waals surface area contributed by atoms with E-state index >= 15 is 0 Å². The summed E-state index contributed by atoms with van der Waals surface area (Å²) in [5.74, 6) is -0.366. The van der Waals surface area contributed by atoms with Crippen molar-refractivity contribution in [1.29, 1.82) is 5.26 Å². The third-order valence-electron chi connectivity index (χ3n) is 5.01. The minimum absolute atomic E-state index is 0.0413. The Kier molecular flexibility index (Phi) is 8.36. The van der Waals surface area contributed by atoms with Gasteiger partial charge in [-0.3, -0.25) is 14.6 Å². The van der Waals surface area contributed by atoms with Crippen LogP contribution in [-0.2, 0) is 16.0 Å². The predicted molar refractivity (Wildman–Crippen MR) is 112 cm³/mol. The van der Waals surface area contributed by atoms with E-state index in [1.165, 1.54) is 0 Å². The molecule has 0 saturated carbocycles. The van der Waals surface area contributed by atoms with Crippen molar-refractivity contribution < 1.29 is 19.4 Å². The minimum atomic E-state index is -0.260. The standard InChI is InChI=1S/C23H27N3O4/c1-16(2)22(28)20(14-27)17(3)30-15-18-8-4-5-13-26(18)23(29)19-9-7-12-25-21(19)10-6-11-24/h7,9,12,14,18,28H,1,3-6,8,10,13,15H2,2H3/b22-20+/t18-/m0/s1. The van der Waals surface area contributed by atoms with Crippen LogP contribution in [0.15, 0.2) is 54.2 Å². The molecule has 2 heterocycles. The number of hydrogen-bond acceptors (Lipinski definition) is 6. The number of aliphatic hydroxyl groups is 1. The van der Waals surface area contributed by atoms with Gasteiger partial charge in [0.1, 0.15) is 18.1 Å². The molecule has 158 valence electrons. The van der Waals surface area contributed by atoms with Gasteiger partial charge in [-0.15, -0.1) is 0 Å². The molecule has 1 aromatic rings. The molecule has 1 atom stereocenters. The molecular formula is C23H27N3O4. The fourth-order valence-corrected chi connectivity index (χ4v) is 3.36. The Balaban J connectivity index is 2.16. The highest BCUT2D eigenvalue weighted by molar-refractivity contribution is 5.95. The van der Waals surface area contributed by atoms with Crippen molar-refractivity contribution in [3.8, 4) is 6.07 Å². The summed E-state index contributed by atoms with van der Waals surface area (Å²) in [5, 5.41) is 18.9. The zero-order chi connectivity index (χ0) is 22.1. The average molecular weight is 409 g/mol. The number of piperidine rings is 1. The van der Waals surface area contributed by atoms with Gasteiger partial charge in [0.15, 0.2) is 6.29 Å². The number of ether oxygens (including phenoxy) is 1. The average Bonchev–Trinajstić information content (AvgIpc) is 2.76. The van der Waals surface area contributed by atoms with E-state index in [4.69, 9.17) is 10.00 Å². The Morgan fingerprint density at radius 3 is 2.90 bits per heavy atom. The number of nitriles is 1. The lowest BCUT2D eigenvalue weighted by Gasteiger charge is -2.36. The van der Waals surface area contributed by atoms with Gasteiger partial charge in [0.25, 0.3) is 5.91 Å². The highest BCUT2D eigenvalue weighted by Crippen LogP contribution is 2.23. The first-order valence-electron chi connectivity index (χ1n) is 9.88. The molecule has 0 spiro atoms. The largest absolute Gasteiger partial charge is 0.507 e. The van der Waals surface area contributed by atoms with Gasteiger partial charge < -0.3 is 14.7 Å². The second-order valence-electron chi connectivity index (χ2n) is 7.20. The number of nitrogens with zero attached hydrogens (tertiary/aromatic N) is 3. The van der Waals surface area contributed by atoms with Crippen LogP contribution in [0.2, 0.25) is 0 Å². The number of aryl methyl sites for hydroxylation is 1. The highest BCUT2D eigenvalue weighted by Gasteiger charge is 2.29. The number of aliphatic hydroxyl groups excluding tert-OH is 1. The Morgan fingerprint density at radius 2 is 2.23 bits per heavy atom. The van der Waals surface area contributed by atoms with Crippen LogP contribution in [0.1, 0.15) is 48.7 Å². The maximum absolute atomic E-state index is 13.2. The number of allylic oxidation sites excluding steroid dienone is 2. The third-order valence-corrected chi connectivity index (χ3v) is 5.01. The van der Waals surface area contributed by atoms with Gasteiger partial charge in [0.05, 0.1) is 28.9 Å². The van der Waals surface area contributed by atoms with Crippen molar-refractivity contribution in [3.05, 3.63) is 65.4 Å². The number of amides is 1. The number of pyridine rings is 1. The van der Waals surface area contributed by atoms with E-state index in [-0.39, 0.29) is 42.1 Å². The van der Waals surface area contributed by atoms with Crippen molar-refractivity contribution in [2.45, 2.75) is 45.1 Å². The molecule has 1 N–H and O–H groups in total. The van der Waals surface area contributed by atoms with E-state index in [0.717, 1.165) is 19.3 Å². The fourth-order valence-electron chi connectivity index (χ4n) is 3.36. The maximum atomic E-state index is 13.2. The molecule has 0 aliphatic carbocycles. The van der Waals surface area contributed by atoms with E-state index in [2.05, 4.69) is 24.2 Å². The predicted octanol–water partition coefficient (Wildman–Crippen LogP) is 3.65. The zero-order valence-electron chi connectivity index (χ0n) is 17.3. The van der Waals surface area contributed by atoms with Crippen molar-refractivity contribution in [1.82, 2.24) is 9.88 Å². The molecule has 0 unspecified atom stereocenters. The molecular weight excluding hydrogens is 382 g/mol. The number of aromatic nitrogens is 1. The van der Waals surface area contributed by atoms with Crippen LogP contribution in [-0.4, -0.2) is 46.4 Å². The van der Waals surface area contributed by atoms with Crippen molar-refractivity contribution >= 4 is 12.2 Å². The zero-order valence-corrected chi connectivity index (χ0v) is 17.3. The monoisotopic (exact) mass is 409 g/mol. The summed E-state index contributed by atoms with van der Waals surface area (Å²) in [5.41, 5.74) is 1.38. The first kappa shape index (κ1) is 22.9. The first-order valence-corrected chi connectivity index (χ1v) is 9.88. The summed E-state index contributed by atoms with van der Waals surface area (Å²) < 4.78 is 5.68. The molecule has 1 aliphatic rings. The van der Waals surface area contributed by atoms with Gasteiger partial charge in [-0.1, -0.05) is 13.2 Å². The Labute approximate surface area is 177 Å². The highest BCUT2D eigenvalue weighted by atomic mass is 16.5. The van der Waals surface area contributed by atoms with Crippen LogP contribution >= 0.6 is 0 Å². The van der Waals surface area contributed by atoms with Crippen LogP contribution in [0.5, 0.6) is 0 Å². The van der Waals surface area contributed by atoms with Gasteiger partial charge in [-0.2, -0.15) is 5.26 Å². The Morgan fingerprint density at radius 1 is 1.47 bits per heavy atom. The summed E-state index contributed by atoms with van der Waals surface area (Å²) in [6.45, 7) is 9.65. The minimum Gasteiger partial charge on any atom is -0.507 e. The Bertz CT molecular complexity index is 898. The first-order chi connectivity index (χ1) is 14.4. The molecule has 1 fully saturated rings. The van der Waals surface area contributed by atoms with Gasteiger partial charge in [-0.25, -0.2) is 0 Å². The number of carbonyl (C=O) groups excluding carboxylic acids is 2. The van der Waals surface area contributed by atoms with Crippen LogP contribution in [0.4, 0.5) is 0 Å². The van der Waals surface area contributed by atoms with Crippen LogP contribution in [0.25, 0.3) is 0 Å². The smallest absolute Gasteiger partial charge is 0.256 e. The second-order valence-corrected chi connectivity index (χ2v) is 7.20. The SMILES string of the molecule is C=C(C)/C(O)=C(/C=O)C(=C)OC[C@@H]1CCCCN1C(=O)c1cccnc1CCC#N. The van der Waals surface area contributed by atoms with Gasteiger partial charge >= 0.3 is 0 Å². The number of hydrogen-bond donors (Lipinski definition) is 1. The summed E-state index contributed by atoms with van der Waals surface area (Å²) in [4.78, 5) is 30.6. The molecule has 1 aliphatic heterocycles. The van der Waals surface area contributed by atoms with Crippen LogP contribution in [0.3, 0.4) is 0 Å². The van der Waals surface area contributed by atoms with E-state index < -0.39 is 0 Å². The number of carbonyl (C=O) groups is 2. The van der Waals surface area contributed by atoms with Gasteiger partial charge in [-0.05, 0) is 43.9 Å². The van der Waals surface area contributed by atoms with E-state index in [1.54, 1.807) is 30.2 Å². The van der Waals surface area contributed by atoms with Crippen molar-refractivity contribution in [3.63, 3.8) is 0 Å². The summed E-state index contributed by atoms with van der Waals surface area (Å²) in [6, 6.07) is 5.32. The van der Waals surface area contributed by atoms with Gasteiger partial charge in [0.2, 0.25) is 0 Å². The van der Waals surface area contributed by atoms with Crippen LogP contribution in [0, 0.1) is 11.3 Å². The molecule has 0 radical (unpaired) electrons. The van der Waals surface area contributed by atoms with E-state index in [0.29, 0.717) is 36.1 Å². The quantitative estimate of drug-likeness (QED) is 0.289. The van der Waals surface area contributed by atoms with E-state index in [1.807, 2.05) is 0 Å². The van der Waals surface area contributed by atoms with Crippen molar-refractivity contribution in [2.24, 2.45) is 0 Å². The van der Waals surface area contributed by atoms with E-state index in [9.17, 15) is 14.7 Å². The molecule has 30 heavy (non-hydrogen) atoms. The van der Waals surface area contributed by atoms with Crippen molar-refractivity contribution in [2.75, 3.05) is 13.2 Å². The van der Waals surface area contributed by atoms with Gasteiger partial charge in [0, 0.05) is 25.6 Å². The lowest BCUT2D eigenvalue weighted by molar-refractivity contribution is -0.105. The maximum Gasteiger partial charge on any atom is 0.256 e. The third kappa shape index (κ3) is 5.57. The Hall–Kier alpha value is -3.40. The second kappa shape index (κ2) is 11.0. The molecule has 7 nitrogen and oxygen atoms in total. The molecule has 1 aromatic heterocycles. The number of aldehydes is 1. The molecule has 2 rings (SSSR count). The molecule has 0 bridgehead atoms. The fraction of sp³-hybridized carbons (Fsp3) is 0.391. The van der Waals surface area contributed by atoms with Crippen LogP contribution < -0.4 is 0 Å². The molecule has 1 saturated heterocycles. The number of likely N-dealkylation sites (tertiary alicyclic amines) is 1.